The molecule has 2 aromatic rings. The Balaban J connectivity index is 1.93. The van der Waals surface area contributed by atoms with E-state index in [2.05, 4.69) is 16.0 Å². The highest BCUT2D eigenvalue weighted by atomic mass is 32.1. The molecule has 0 saturated heterocycles. The number of nitrogens with one attached hydrogen (secondary N) is 3. The van der Waals surface area contributed by atoms with Gasteiger partial charge >= 0.3 is 0 Å². The van der Waals surface area contributed by atoms with Gasteiger partial charge in [0.2, 0.25) is 0 Å². The maximum atomic E-state index is 13.1. The lowest BCUT2D eigenvalue weighted by molar-refractivity contribution is -0.113. The van der Waals surface area contributed by atoms with E-state index in [1.165, 1.54) is 0 Å². The van der Waals surface area contributed by atoms with Gasteiger partial charge in [0.25, 0.3) is 5.91 Å². The third-order valence-electron chi connectivity index (χ3n) is 4.18. The van der Waals surface area contributed by atoms with Crippen molar-refractivity contribution in [3.63, 3.8) is 0 Å². The van der Waals surface area contributed by atoms with Gasteiger partial charge in [-0.3, -0.25) is 4.79 Å². The van der Waals surface area contributed by atoms with E-state index in [0.29, 0.717) is 34.4 Å². The molecule has 27 heavy (non-hydrogen) atoms. The second kappa shape index (κ2) is 8.09. The number of anilines is 1. The third kappa shape index (κ3) is 4.20. The fourth-order valence-electron chi connectivity index (χ4n) is 2.95. The van der Waals surface area contributed by atoms with Crippen molar-refractivity contribution < 1.29 is 14.6 Å². The number of thiocarbonyl (C=S) groups is 1. The monoisotopic (exact) mass is 383 g/mol. The van der Waals surface area contributed by atoms with E-state index in [0.717, 1.165) is 5.56 Å². The summed E-state index contributed by atoms with van der Waals surface area (Å²) in [5.74, 6) is 0.507. The Bertz CT molecular complexity index is 894. The normalized spacial score (nSPS) is 16.4. The van der Waals surface area contributed by atoms with E-state index in [-0.39, 0.29) is 11.7 Å². The SMILES string of the molecule is CCOc1ccccc1NC(=O)C1=C(C)NC(=S)N[C@H]1c1ccc(O)cc1. The van der Waals surface area contributed by atoms with Crippen LogP contribution in [0.3, 0.4) is 0 Å². The average Bonchev–Trinajstić information content (AvgIpc) is 2.63. The van der Waals surface area contributed by atoms with Crippen LogP contribution in [0.25, 0.3) is 0 Å². The maximum Gasteiger partial charge on any atom is 0.255 e. The summed E-state index contributed by atoms with van der Waals surface area (Å²) < 4.78 is 5.58. The van der Waals surface area contributed by atoms with Crippen molar-refractivity contribution in [3.05, 3.63) is 65.4 Å². The van der Waals surface area contributed by atoms with E-state index in [1.807, 2.05) is 32.0 Å². The molecule has 0 aliphatic carbocycles. The minimum atomic E-state index is -0.432. The molecule has 140 valence electrons. The number of amides is 1. The Morgan fingerprint density at radius 1 is 1.22 bits per heavy atom. The summed E-state index contributed by atoms with van der Waals surface area (Å²) >= 11 is 5.25. The van der Waals surface area contributed by atoms with E-state index in [4.69, 9.17) is 17.0 Å². The summed E-state index contributed by atoms with van der Waals surface area (Å²) in [4.78, 5) is 13.1. The molecule has 6 nitrogen and oxygen atoms in total. The molecule has 1 aliphatic heterocycles. The van der Waals surface area contributed by atoms with Gasteiger partial charge in [-0.1, -0.05) is 24.3 Å². The third-order valence-corrected chi connectivity index (χ3v) is 4.40. The van der Waals surface area contributed by atoms with Crippen molar-refractivity contribution in [2.45, 2.75) is 19.9 Å². The van der Waals surface area contributed by atoms with Gasteiger partial charge in [0, 0.05) is 5.70 Å². The minimum Gasteiger partial charge on any atom is -0.508 e. The number of ether oxygens (including phenoxy) is 1. The highest BCUT2D eigenvalue weighted by molar-refractivity contribution is 7.80. The molecule has 0 unspecified atom stereocenters. The van der Waals surface area contributed by atoms with Crippen molar-refractivity contribution in [1.29, 1.82) is 0 Å². The van der Waals surface area contributed by atoms with E-state index < -0.39 is 6.04 Å². The molecule has 4 N–H and O–H groups in total. The van der Waals surface area contributed by atoms with Crippen molar-refractivity contribution in [1.82, 2.24) is 10.6 Å². The molecule has 0 saturated carbocycles. The lowest BCUT2D eigenvalue weighted by Crippen LogP contribution is -2.45. The standard InChI is InChI=1S/C20H21N3O3S/c1-3-26-16-7-5-4-6-15(16)22-19(25)17-12(2)21-20(27)23-18(17)13-8-10-14(24)11-9-13/h4-11,18,24H,3H2,1-2H3,(H,22,25)(H2,21,23,27)/t18-/m0/s1. The van der Waals surface area contributed by atoms with E-state index in [1.54, 1.807) is 30.3 Å². The number of phenols is 1. The number of benzene rings is 2. The van der Waals surface area contributed by atoms with Gasteiger partial charge in [-0.2, -0.15) is 0 Å². The Morgan fingerprint density at radius 2 is 1.93 bits per heavy atom. The van der Waals surface area contributed by atoms with Gasteiger partial charge in [-0.15, -0.1) is 0 Å². The molecule has 1 heterocycles. The first kappa shape index (κ1) is 18.7. The number of phenolic OH excluding ortho intramolecular Hbond substituents is 1. The van der Waals surface area contributed by atoms with Crippen LogP contribution in [0.15, 0.2) is 59.8 Å². The quantitative estimate of drug-likeness (QED) is 0.594. The zero-order valence-corrected chi connectivity index (χ0v) is 15.9. The lowest BCUT2D eigenvalue weighted by Gasteiger charge is -2.30. The zero-order chi connectivity index (χ0) is 19.4. The topological polar surface area (TPSA) is 82.6 Å². The fourth-order valence-corrected chi connectivity index (χ4v) is 3.22. The van der Waals surface area contributed by atoms with Crippen LogP contribution >= 0.6 is 12.2 Å². The summed E-state index contributed by atoms with van der Waals surface area (Å²) in [5.41, 5.74) is 2.60. The zero-order valence-electron chi connectivity index (χ0n) is 15.1. The minimum absolute atomic E-state index is 0.160. The number of aromatic hydroxyl groups is 1. The van der Waals surface area contributed by atoms with Crippen LogP contribution in [0.1, 0.15) is 25.5 Å². The molecular weight excluding hydrogens is 362 g/mol. The number of carbonyl (C=O) groups excluding carboxylic acids is 1. The fraction of sp³-hybridized carbons (Fsp3) is 0.200. The molecule has 0 spiro atoms. The molecule has 0 fully saturated rings. The second-order valence-corrected chi connectivity index (χ2v) is 6.45. The molecule has 0 aromatic heterocycles. The second-order valence-electron chi connectivity index (χ2n) is 6.04. The molecule has 1 aliphatic rings. The summed E-state index contributed by atoms with van der Waals surface area (Å²) in [6.07, 6.45) is 0. The number of hydrogen-bond donors (Lipinski definition) is 4. The van der Waals surface area contributed by atoms with Crippen molar-refractivity contribution in [2.75, 3.05) is 11.9 Å². The van der Waals surface area contributed by atoms with Gasteiger partial charge in [0.1, 0.15) is 11.5 Å². The molecule has 0 radical (unpaired) electrons. The Hall–Kier alpha value is -3.06. The van der Waals surface area contributed by atoms with Crippen molar-refractivity contribution in [3.8, 4) is 11.5 Å². The van der Waals surface area contributed by atoms with Crippen LogP contribution in [0.2, 0.25) is 0 Å². The smallest absolute Gasteiger partial charge is 0.255 e. The van der Waals surface area contributed by atoms with Gasteiger partial charge in [-0.25, -0.2) is 0 Å². The lowest BCUT2D eigenvalue weighted by atomic mass is 9.95. The van der Waals surface area contributed by atoms with Gasteiger partial charge in [-0.05, 0) is 55.9 Å². The predicted molar refractivity (Wildman–Crippen MR) is 109 cm³/mol. The van der Waals surface area contributed by atoms with Gasteiger partial charge in [0.15, 0.2) is 5.11 Å². The van der Waals surface area contributed by atoms with Crippen LogP contribution in [0.5, 0.6) is 11.5 Å². The highest BCUT2D eigenvalue weighted by Crippen LogP contribution is 2.30. The number of para-hydroxylation sites is 2. The first-order chi connectivity index (χ1) is 13.0. The summed E-state index contributed by atoms with van der Waals surface area (Å²) in [5, 5.41) is 19.0. The van der Waals surface area contributed by atoms with Gasteiger partial charge < -0.3 is 25.8 Å². The van der Waals surface area contributed by atoms with E-state index in [9.17, 15) is 9.90 Å². The summed E-state index contributed by atoms with van der Waals surface area (Å²) in [6.45, 7) is 4.20. The van der Waals surface area contributed by atoms with Gasteiger partial charge in [0.05, 0.1) is 23.9 Å². The van der Waals surface area contributed by atoms with Crippen LogP contribution < -0.4 is 20.7 Å². The first-order valence-corrected chi connectivity index (χ1v) is 9.00. The van der Waals surface area contributed by atoms with Crippen molar-refractivity contribution in [2.24, 2.45) is 0 Å². The van der Waals surface area contributed by atoms with Crippen molar-refractivity contribution >= 4 is 28.9 Å². The number of hydrogen-bond acceptors (Lipinski definition) is 4. The summed E-state index contributed by atoms with van der Waals surface area (Å²) in [6, 6.07) is 13.5. The molecule has 2 aromatic carbocycles. The number of allylic oxidation sites excluding steroid dienone is 1. The van der Waals surface area contributed by atoms with Crippen LogP contribution in [0, 0.1) is 0 Å². The molecular formula is C20H21N3O3S. The molecule has 3 rings (SSSR count). The first-order valence-electron chi connectivity index (χ1n) is 8.60. The molecule has 1 atom stereocenters. The van der Waals surface area contributed by atoms with Crippen LogP contribution in [-0.2, 0) is 4.79 Å². The average molecular weight is 383 g/mol. The van der Waals surface area contributed by atoms with Crippen LogP contribution in [-0.4, -0.2) is 22.7 Å². The number of carbonyl (C=O) groups is 1. The molecule has 0 bridgehead atoms. The maximum absolute atomic E-state index is 13.1. The molecule has 1 amide bonds. The Morgan fingerprint density at radius 3 is 2.63 bits per heavy atom. The largest absolute Gasteiger partial charge is 0.508 e. The van der Waals surface area contributed by atoms with Crippen LogP contribution in [0.4, 0.5) is 5.69 Å². The molecule has 7 heteroatoms. The highest BCUT2D eigenvalue weighted by Gasteiger charge is 2.30. The Kier molecular flexibility index (Phi) is 5.61. The summed E-state index contributed by atoms with van der Waals surface area (Å²) in [7, 11) is 0. The predicted octanol–water partition coefficient (Wildman–Crippen LogP) is 3.22. The van der Waals surface area contributed by atoms with E-state index >= 15 is 0 Å². The number of rotatable bonds is 5. The Labute approximate surface area is 163 Å².